The van der Waals surface area contributed by atoms with Crippen molar-refractivity contribution in [2.24, 2.45) is 0 Å². The van der Waals surface area contributed by atoms with Crippen molar-refractivity contribution < 1.29 is 23.3 Å². The molecule has 1 aliphatic heterocycles. The quantitative estimate of drug-likeness (QED) is 0.901. The molecule has 0 fully saturated rings. The van der Waals surface area contributed by atoms with Gasteiger partial charge in [-0.25, -0.2) is 4.39 Å². The van der Waals surface area contributed by atoms with Crippen LogP contribution in [-0.2, 0) is 6.54 Å². The fourth-order valence-electron chi connectivity index (χ4n) is 3.38. The third-order valence-corrected chi connectivity index (χ3v) is 4.59. The Balaban J connectivity index is 2.13. The van der Waals surface area contributed by atoms with Gasteiger partial charge in [0.1, 0.15) is 5.82 Å². The van der Waals surface area contributed by atoms with E-state index in [4.69, 9.17) is 18.9 Å². The highest BCUT2D eigenvalue weighted by molar-refractivity contribution is 5.56. The maximum atomic E-state index is 14.7. The Morgan fingerprint density at radius 3 is 2.20 bits per heavy atom. The van der Waals surface area contributed by atoms with E-state index in [9.17, 15) is 4.39 Å². The zero-order valence-corrected chi connectivity index (χ0v) is 14.8. The molecule has 1 N–H and O–H groups in total. The van der Waals surface area contributed by atoms with E-state index in [1.165, 1.54) is 13.2 Å². The Kier molecular flexibility index (Phi) is 4.99. The van der Waals surface area contributed by atoms with E-state index in [0.717, 1.165) is 11.1 Å². The number of methoxy groups -OCH3 is 4. The minimum atomic E-state index is -0.327. The van der Waals surface area contributed by atoms with Gasteiger partial charge in [-0.2, -0.15) is 0 Å². The number of hydrogen-bond acceptors (Lipinski definition) is 5. The van der Waals surface area contributed by atoms with Crippen molar-refractivity contribution >= 4 is 0 Å². The molecule has 3 rings (SSSR count). The molecule has 0 saturated heterocycles. The molecule has 1 atom stereocenters. The van der Waals surface area contributed by atoms with Gasteiger partial charge >= 0.3 is 0 Å². The molecule has 2 aromatic rings. The summed E-state index contributed by atoms with van der Waals surface area (Å²) in [4.78, 5) is 0. The van der Waals surface area contributed by atoms with Gasteiger partial charge in [0.25, 0.3) is 0 Å². The van der Waals surface area contributed by atoms with Crippen LogP contribution in [0.5, 0.6) is 23.0 Å². The van der Waals surface area contributed by atoms with E-state index < -0.39 is 0 Å². The van der Waals surface area contributed by atoms with Gasteiger partial charge < -0.3 is 24.3 Å². The maximum Gasteiger partial charge on any atom is 0.165 e. The molecule has 2 aromatic carbocycles. The molecule has 1 aliphatic rings. The van der Waals surface area contributed by atoms with Crippen LogP contribution in [0.3, 0.4) is 0 Å². The second kappa shape index (κ2) is 7.19. The molecule has 0 aliphatic carbocycles. The molecular weight excluding hydrogens is 325 g/mol. The Bertz CT molecular complexity index is 779. The van der Waals surface area contributed by atoms with E-state index in [2.05, 4.69) is 5.32 Å². The second-order valence-electron chi connectivity index (χ2n) is 5.78. The number of fused-ring (bicyclic) bond motifs is 1. The highest BCUT2D eigenvalue weighted by Gasteiger charge is 2.29. The zero-order valence-electron chi connectivity index (χ0n) is 14.8. The number of rotatable bonds is 5. The van der Waals surface area contributed by atoms with E-state index in [-0.39, 0.29) is 11.7 Å². The van der Waals surface area contributed by atoms with Crippen molar-refractivity contribution in [1.29, 1.82) is 0 Å². The van der Waals surface area contributed by atoms with Crippen LogP contribution in [0.1, 0.15) is 22.6 Å². The fourth-order valence-corrected chi connectivity index (χ4v) is 3.38. The van der Waals surface area contributed by atoms with Gasteiger partial charge in [-0.15, -0.1) is 0 Å². The Labute approximate surface area is 146 Å². The first-order valence-corrected chi connectivity index (χ1v) is 8.00. The lowest BCUT2D eigenvalue weighted by molar-refractivity contribution is 0.346. The van der Waals surface area contributed by atoms with E-state index in [1.54, 1.807) is 27.4 Å². The Morgan fingerprint density at radius 1 is 0.880 bits per heavy atom. The fraction of sp³-hybridized carbons (Fsp3) is 0.368. The zero-order chi connectivity index (χ0) is 18.0. The predicted octanol–water partition coefficient (Wildman–Crippen LogP) is 3.10. The van der Waals surface area contributed by atoms with E-state index in [1.807, 2.05) is 12.1 Å². The first-order chi connectivity index (χ1) is 12.1. The summed E-state index contributed by atoms with van der Waals surface area (Å²) in [5, 5.41) is 3.33. The first kappa shape index (κ1) is 17.4. The van der Waals surface area contributed by atoms with Crippen LogP contribution in [0.15, 0.2) is 24.3 Å². The predicted molar refractivity (Wildman–Crippen MR) is 92.6 cm³/mol. The third-order valence-electron chi connectivity index (χ3n) is 4.59. The van der Waals surface area contributed by atoms with Gasteiger partial charge in [-0.1, -0.05) is 6.07 Å². The van der Waals surface area contributed by atoms with Crippen LogP contribution in [0, 0.1) is 5.82 Å². The standard InChI is InChI=1S/C19H22FNO4/c1-22-16-6-5-11-13(9-21-10-14(11)19(16)25-4)12-7-17(23-2)18(24-3)8-15(12)20/h5-8,13,21H,9-10H2,1-4H3. The largest absolute Gasteiger partial charge is 0.493 e. The van der Waals surface area contributed by atoms with Gasteiger partial charge in [-0.3, -0.25) is 0 Å². The summed E-state index contributed by atoms with van der Waals surface area (Å²) in [6.07, 6.45) is 0. The normalized spacial score (nSPS) is 16.1. The van der Waals surface area contributed by atoms with Crippen molar-refractivity contribution in [3.8, 4) is 23.0 Å². The highest BCUT2D eigenvalue weighted by Crippen LogP contribution is 2.42. The Morgan fingerprint density at radius 2 is 1.56 bits per heavy atom. The van der Waals surface area contributed by atoms with Crippen LogP contribution < -0.4 is 24.3 Å². The monoisotopic (exact) mass is 347 g/mol. The summed E-state index contributed by atoms with van der Waals surface area (Å²) in [6.45, 7) is 1.26. The molecule has 1 heterocycles. The van der Waals surface area contributed by atoms with Gasteiger partial charge in [0.2, 0.25) is 0 Å². The van der Waals surface area contributed by atoms with Gasteiger partial charge in [-0.05, 0) is 17.7 Å². The number of benzene rings is 2. The minimum absolute atomic E-state index is 0.164. The van der Waals surface area contributed by atoms with E-state index >= 15 is 0 Å². The summed E-state index contributed by atoms with van der Waals surface area (Å²) >= 11 is 0. The van der Waals surface area contributed by atoms with Crippen LogP contribution >= 0.6 is 0 Å². The van der Waals surface area contributed by atoms with Crippen molar-refractivity contribution in [3.63, 3.8) is 0 Å². The topological polar surface area (TPSA) is 49.0 Å². The second-order valence-corrected chi connectivity index (χ2v) is 5.78. The van der Waals surface area contributed by atoms with Crippen LogP contribution in [0.2, 0.25) is 0 Å². The molecule has 5 nitrogen and oxygen atoms in total. The third kappa shape index (κ3) is 2.98. The first-order valence-electron chi connectivity index (χ1n) is 8.00. The highest BCUT2D eigenvalue weighted by atomic mass is 19.1. The molecule has 6 heteroatoms. The molecule has 25 heavy (non-hydrogen) atoms. The van der Waals surface area contributed by atoms with Gasteiger partial charge in [0.15, 0.2) is 23.0 Å². The molecule has 0 bridgehead atoms. The minimum Gasteiger partial charge on any atom is -0.493 e. The smallest absolute Gasteiger partial charge is 0.165 e. The van der Waals surface area contributed by atoms with Crippen molar-refractivity contribution in [2.75, 3.05) is 35.0 Å². The maximum absolute atomic E-state index is 14.7. The SMILES string of the molecule is COc1cc(F)c(C2CNCc3c2ccc(OC)c3OC)cc1OC. The number of halogens is 1. The average Bonchev–Trinajstić information content (AvgIpc) is 2.66. The Hall–Kier alpha value is -2.47. The number of hydrogen-bond donors (Lipinski definition) is 1. The number of ether oxygens (including phenoxy) is 4. The molecule has 0 aromatic heterocycles. The van der Waals surface area contributed by atoms with Crippen molar-refractivity contribution in [1.82, 2.24) is 5.32 Å². The van der Waals surface area contributed by atoms with Crippen molar-refractivity contribution in [2.45, 2.75) is 12.5 Å². The number of nitrogens with one attached hydrogen (secondary N) is 1. The molecule has 0 saturated carbocycles. The van der Waals surface area contributed by atoms with E-state index in [0.29, 0.717) is 41.7 Å². The lowest BCUT2D eigenvalue weighted by atomic mass is 9.84. The van der Waals surface area contributed by atoms with Crippen LogP contribution in [0.4, 0.5) is 4.39 Å². The lowest BCUT2D eigenvalue weighted by Gasteiger charge is -2.29. The van der Waals surface area contributed by atoms with Crippen LogP contribution in [0.25, 0.3) is 0 Å². The summed E-state index contributed by atoms with van der Waals surface area (Å²) in [5.41, 5.74) is 2.55. The molecule has 0 amide bonds. The van der Waals surface area contributed by atoms with Gasteiger partial charge in [0, 0.05) is 36.2 Å². The molecular formula is C19H22FNO4. The molecule has 1 unspecified atom stereocenters. The average molecular weight is 347 g/mol. The molecule has 134 valence electrons. The molecule has 0 spiro atoms. The summed E-state index contributed by atoms with van der Waals surface area (Å²) in [7, 11) is 6.25. The van der Waals surface area contributed by atoms with Crippen LogP contribution in [-0.4, -0.2) is 35.0 Å². The van der Waals surface area contributed by atoms with Gasteiger partial charge in [0.05, 0.1) is 28.4 Å². The van der Waals surface area contributed by atoms with Crippen molar-refractivity contribution in [3.05, 3.63) is 46.8 Å². The molecule has 0 radical (unpaired) electrons. The summed E-state index contributed by atoms with van der Waals surface area (Å²) in [6, 6.07) is 6.89. The summed E-state index contributed by atoms with van der Waals surface area (Å²) in [5.74, 6) is 1.73. The lowest BCUT2D eigenvalue weighted by Crippen LogP contribution is -2.30. The summed E-state index contributed by atoms with van der Waals surface area (Å²) < 4.78 is 36.2.